The summed E-state index contributed by atoms with van der Waals surface area (Å²) in [6.45, 7) is 0.414. The maximum absolute atomic E-state index is 13.0. The monoisotopic (exact) mass is 555 g/mol. The van der Waals surface area contributed by atoms with Crippen LogP contribution in [-0.2, 0) is 19.4 Å². The Morgan fingerprint density at radius 3 is 2.79 bits per heavy atom. The van der Waals surface area contributed by atoms with Crippen LogP contribution in [0.25, 0.3) is 11.3 Å². The number of nitrogens with one attached hydrogen (secondary N) is 1. The van der Waals surface area contributed by atoms with Crippen LogP contribution in [0.4, 0.5) is 24.0 Å². The molecular weight excluding hydrogens is 527 g/mol. The molecule has 1 aliphatic rings. The van der Waals surface area contributed by atoms with Crippen LogP contribution in [0, 0.1) is 0 Å². The summed E-state index contributed by atoms with van der Waals surface area (Å²) in [5, 5.41) is 11.8. The minimum Gasteiger partial charge on any atom is -0.399 e. The standard InChI is InChI=1S/C27H28F3N7OS/c1-36(12-11-27(28,29)30)21-9-10-22-24(14-21)39-26(32-22)33-25(38)19-4-2-3-17(13-19)15-37-16-23(34-35-37)18-5-7-20(31)8-6-18/h2-8,13,16,21H,9-12,14-15,31H2,1H3,(H,32,33,38)/t21-/m0/s1. The van der Waals surface area contributed by atoms with E-state index in [2.05, 4.69) is 20.6 Å². The SMILES string of the molecule is CN(CCC(F)(F)F)[C@H]1CCc2nc(NC(=O)c3cccc(Cn4cc(-c5ccc(N)cc5)nn4)c3)sc2C1. The number of nitrogens with two attached hydrogens (primary N) is 1. The average Bonchev–Trinajstić information content (AvgIpc) is 3.53. The van der Waals surface area contributed by atoms with E-state index in [0.717, 1.165) is 33.8 Å². The Morgan fingerprint density at radius 2 is 2.03 bits per heavy atom. The number of carbonyl (C=O) groups is 1. The number of rotatable bonds is 8. The van der Waals surface area contributed by atoms with Gasteiger partial charge in [0.1, 0.15) is 5.69 Å². The molecule has 2 heterocycles. The lowest BCUT2D eigenvalue weighted by Crippen LogP contribution is -2.38. The van der Waals surface area contributed by atoms with E-state index in [9.17, 15) is 18.0 Å². The molecule has 2 aromatic carbocycles. The summed E-state index contributed by atoms with van der Waals surface area (Å²) in [5.74, 6) is -0.275. The van der Waals surface area contributed by atoms with Crippen LogP contribution in [0.15, 0.2) is 54.7 Å². The van der Waals surface area contributed by atoms with Gasteiger partial charge in [0.25, 0.3) is 5.91 Å². The minimum atomic E-state index is -4.16. The maximum atomic E-state index is 13.0. The number of anilines is 2. The lowest BCUT2D eigenvalue weighted by Gasteiger charge is -2.30. The van der Waals surface area contributed by atoms with Crippen LogP contribution < -0.4 is 11.1 Å². The number of carbonyl (C=O) groups excluding carboxylic acids is 1. The summed E-state index contributed by atoms with van der Waals surface area (Å²) in [4.78, 5) is 20.4. The first kappa shape index (κ1) is 26.8. The first-order valence-corrected chi connectivity index (χ1v) is 13.4. The number of nitrogen functional groups attached to an aromatic ring is 1. The van der Waals surface area contributed by atoms with Crippen LogP contribution in [-0.4, -0.2) is 56.6 Å². The number of halogens is 3. The molecule has 0 unspecified atom stereocenters. The second kappa shape index (κ2) is 11.1. The van der Waals surface area contributed by atoms with Gasteiger partial charge in [0.2, 0.25) is 0 Å². The van der Waals surface area contributed by atoms with Crippen molar-refractivity contribution in [2.75, 3.05) is 24.6 Å². The molecule has 1 atom stereocenters. The van der Waals surface area contributed by atoms with Gasteiger partial charge in [0, 0.05) is 34.3 Å². The van der Waals surface area contributed by atoms with Gasteiger partial charge in [-0.3, -0.25) is 10.1 Å². The summed E-state index contributed by atoms with van der Waals surface area (Å²) in [6, 6.07) is 14.7. The van der Waals surface area contributed by atoms with Crippen LogP contribution in [0.5, 0.6) is 0 Å². The highest BCUT2D eigenvalue weighted by molar-refractivity contribution is 7.15. The summed E-state index contributed by atoms with van der Waals surface area (Å²) < 4.78 is 39.5. The Kier molecular flexibility index (Phi) is 7.67. The second-order valence-electron chi connectivity index (χ2n) is 9.71. The van der Waals surface area contributed by atoms with Gasteiger partial charge in [-0.05, 0) is 56.1 Å². The molecule has 0 aliphatic heterocycles. The smallest absolute Gasteiger partial charge is 0.390 e. The Labute approximate surface area is 227 Å². The van der Waals surface area contributed by atoms with Crippen LogP contribution >= 0.6 is 11.3 Å². The fourth-order valence-corrected chi connectivity index (χ4v) is 5.68. The molecular formula is C27H28F3N7OS. The lowest BCUT2D eigenvalue weighted by atomic mass is 9.96. The van der Waals surface area contributed by atoms with E-state index in [-0.39, 0.29) is 18.5 Å². The number of aromatic nitrogens is 4. The molecule has 1 amide bonds. The zero-order valence-electron chi connectivity index (χ0n) is 21.3. The lowest BCUT2D eigenvalue weighted by molar-refractivity contribution is -0.138. The third-order valence-electron chi connectivity index (χ3n) is 6.78. The number of aryl methyl sites for hydroxylation is 1. The topological polar surface area (TPSA) is 102 Å². The summed E-state index contributed by atoms with van der Waals surface area (Å²) >= 11 is 1.39. The molecule has 3 N–H and O–H groups in total. The molecule has 204 valence electrons. The van der Waals surface area contributed by atoms with Gasteiger partial charge in [-0.2, -0.15) is 13.2 Å². The van der Waals surface area contributed by atoms with Crippen molar-refractivity contribution in [3.63, 3.8) is 0 Å². The molecule has 5 rings (SSSR count). The van der Waals surface area contributed by atoms with Crippen molar-refractivity contribution in [1.82, 2.24) is 24.9 Å². The quantitative estimate of drug-likeness (QED) is 0.296. The van der Waals surface area contributed by atoms with E-state index in [4.69, 9.17) is 5.73 Å². The third-order valence-corrected chi connectivity index (χ3v) is 7.82. The van der Waals surface area contributed by atoms with E-state index >= 15 is 0 Å². The van der Waals surface area contributed by atoms with Crippen molar-refractivity contribution in [3.8, 4) is 11.3 Å². The van der Waals surface area contributed by atoms with Gasteiger partial charge < -0.3 is 10.6 Å². The van der Waals surface area contributed by atoms with E-state index in [1.54, 1.807) is 28.8 Å². The van der Waals surface area contributed by atoms with E-state index in [1.807, 2.05) is 42.6 Å². The molecule has 0 bridgehead atoms. The first-order chi connectivity index (χ1) is 18.6. The number of nitrogens with zero attached hydrogens (tertiary/aromatic N) is 5. The normalized spacial score (nSPS) is 15.4. The number of fused-ring (bicyclic) bond motifs is 1. The molecule has 1 aliphatic carbocycles. The number of thiazole rings is 1. The van der Waals surface area contributed by atoms with Crippen LogP contribution in [0.2, 0.25) is 0 Å². The van der Waals surface area contributed by atoms with Crippen molar-refractivity contribution < 1.29 is 18.0 Å². The van der Waals surface area contributed by atoms with Gasteiger partial charge in [-0.15, -0.1) is 16.4 Å². The average molecular weight is 556 g/mol. The Bertz CT molecular complexity index is 1450. The third kappa shape index (κ3) is 6.82. The van der Waals surface area contributed by atoms with E-state index in [0.29, 0.717) is 35.8 Å². The number of hydrogen-bond acceptors (Lipinski definition) is 7. The highest BCUT2D eigenvalue weighted by Gasteiger charge is 2.30. The van der Waals surface area contributed by atoms with Crippen LogP contribution in [0.1, 0.15) is 39.3 Å². The molecule has 0 fully saturated rings. The fourth-order valence-electron chi connectivity index (χ4n) is 4.60. The van der Waals surface area contributed by atoms with Gasteiger partial charge >= 0.3 is 6.18 Å². The molecule has 0 saturated heterocycles. The number of likely N-dealkylation sites (N-methyl/N-ethyl adjacent to an activating group) is 1. The van der Waals surface area contributed by atoms with Gasteiger partial charge in [-0.25, -0.2) is 9.67 Å². The Hall–Kier alpha value is -3.77. The number of benzene rings is 2. The van der Waals surface area contributed by atoms with Crippen molar-refractivity contribution in [1.29, 1.82) is 0 Å². The van der Waals surface area contributed by atoms with E-state index in [1.165, 1.54) is 11.3 Å². The van der Waals surface area contributed by atoms with Crippen LogP contribution in [0.3, 0.4) is 0 Å². The Morgan fingerprint density at radius 1 is 1.23 bits per heavy atom. The minimum absolute atomic E-state index is 0.0258. The highest BCUT2D eigenvalue weighted by atomic mass is 32.1. The molecule has 2 aromatic heterocycles. The van der Waals surface area contributed by atoms with Crippen molar-refractivity contribution in [2.24, 2.45) is 0 Å². The van der Waals surface area contributed by atoms with Gasteiger partial charge in [0.15, 0.2) is 5.13 Å². The zero-order chi connectivity index (χ0) is 27.6. The summed E-state index contributed by atoms with van der Waals surface area (Å²) in [5.41, 5.74) is 10.4. The molecule has 0 radical (unpaired) electrons. The molecule has 8 nitrogen and oxygen atoms in total. The number of hydrogen-bond donors (Lipinski definition) is 2. The largest absolute Gasteiger partial charge is 0.399 e. The second-order valence-corrected chi connectivity index (χ2v) is 10.8. The van der Waals surface area contributed by atoms with Gasteiger partial charge in [-0.1, -0.05) is 29.5 Å². The molecule has 0 spiro atoms. The fraction of sp³-hybridized carbons (Fsp3) is 0.333. The molecule has 4 aromatic rings. The van der Waals surface area contributed by atoms with E-state index < -0.39 is 12.6 Å². The number of alkyl halides is 3. The maximum Gasteiger partial charge on any atom is 0.390 e. The number of amides is 1. The first-order valence-electron chi connectivity index (χ1n) is 12.5. The zero-order valence-corrected chi connectivity index (χ0v) is 22.1. The molecule has 39 heavy (non-hydrogen) atoms. The van der Waals surface area contributed by atoms with Crippen molar-refractivity contribution in [3.05, 3.63) is 76.4 Å². The molecule has 12 heteroatoms. The Balaban J connectivity index is 1.20. The summed E-state index contributed by atoms with van der Waals surface area (Å²) in [6.07, 6.45) is -1.10. The predicted octanol–water partition coefficient (Wildman–Crippen LogP) is 5.03. The van der Waals surface area contributed by atoms with Crippen molar-refractivity contribution >= 4 is 28.1 Å². The summed E-state index contributed by atoms with van der Waals surface area (Å²) in [7, 11) is 1.73. The van der Waals surface area contributed by atoms with Gasteiger partial charge in [0.05, 0.1) is 24.9 Å². The molecule has 0 saturated carbocycles. The highest BCUT2D eigenvalue weighted by Crippen LogP contribution is 2.32. The van der Waals surface area contributed by atoms with Crippen molar-refractivity contribution in [2.45, 2.75) is 44.4 Å². The predicted molar refractivity (Wildman–Crippen MR) is 145 cm³/mol.